The summed E-state index contributed by atoms with van der Waals surface area (Å²) in [5.74, 6) is -1.55. The Kier molecular flexibility index (Phi) is 5.65. The molecule has 8 heteroatoms. The first-order chi connectivity index (χ1) is 12.1. The average Bonchev–Trinajstić information content (AvgIpc) is 2.64. The summed E-state index contributed by atoms with van der Waals surface area (Å²) >= 11 is 0. The number of ether oxygens (including phenoxy) is 1. The Morgan fingerprint density at radius 1 is 1.11 bits per heavy atom. The Hall–Kier alpha value is -1.67. The lowest BCUT2D eigenvalue weighted by molar-refractivity contribution is 0.00578. The van der Waals surface area contributed by atoms with Crippen LogP contribution in [0.4, 0.5) is 13.6 Å². The number of hydrogen-bond donors (Lipinski definition) is 0. The van der Waals surface area contributed by atoms with Crippen LogP contribution in [0.25, 0.3) is 0 Å². The minimum absolute atomic E-state index is 0.00635. The zero-order valence-corrected chi connectivity index (χ0v) is 17.3. The number of benzene rings is 1. The van der Waals surface area contributed by atoms with Gasteiger partial charge in [0.1, 0.15) is 17.2 Å². The van der Waals surface area contributed by atoms with Gasteiger partial charge in [-0.25, -0.2) is 13.6 Å². The molecule has 27 heavy (non-hydrogen) atoms. The fourth-order valence-corrected chi connectivity index (χ4v) is 2.59. The smallest absolute Gasteiger partial charge is 0.444 e. The molecular weight excluding hydrogens is 355 g/mol. The predicted molar refractivity (Wildman–Crippen MR) is 99.8 cm³/mol. The molecule has 0 saturated carbocycles. The topological polar surface area (TPSA) is 48.0 Å². The fraction of sp³-hybridized carbons (Fsp3) is 0.632. The van der Waals surface area contributed by atoms with E-state index >= 15 is 0 Å². The summed E-state index contributed by atoms with van der Waals surface area (Å²) in [6.07, 6.45) is -0.571. The van der Waals surface area contributed by atoms with E-state index in [-0.39, 0.29) is 12.0 Å². The molecule has 1 aliphatic heterocycles. The van der Waals surface area contributed by atoms with Crippen molar-refractivity contribution in [1.29, 1.82) is 0 Å². The molecule has 1 fully saturated rings. The van der Waals surface area contributed by atoms with E-state index in [2.05, 4.69) is 0 Å². The van der Waals surface area contributed by atoms with Crippen LogP contribution in [0.2, 0.25) is 0 Å². The Bertz CT molecular complexity index is 692. The number of nitrogens with zero attached hydrogens (tertiary/aromatic N) is 1. The van der Waals surface area contributed by atoms with E-state index in [0.717, 1.165) is 0 Å². The third-order valence-corrected chi connectivity index (χ3v) is 4.75. The molecule has 0 aromatic heterocycles. The van der Waals surface area contributed by atoms with E-state index in [1.54, 1.807) is 20.8 Å². The highest BCUT2D eigenvalue weighted by Gasteiger charge is 2.53. The number of halogens is 2. The SMILES string of the molecule is CN(Cc1cc(F)c(B2OC(C)(C)C(C)(C)O2)c(F)c1)C(=O)OC(C)(C)C. The highest BCUT2D eigenvalue weighted by atomic mass is 19.1. The molecule has 0 unspecified atom stereocenters. The van der Waals surface area contributed by atoms with Gasteiger partial charge in [-0.3, -0.25) is 0 Å². The van der Waals surface area contributed by atoms with Crippen molar-refractivity contribution in [3.05, 3.63) is 29.3 Å². The maximum Gasteiger partial charge on any atom is 0.500 e. The maximum absolute atomic E-state index is 14.7. The highest BCUT2D eigenvalue weighted by molar-refractivity contribution is 6.62. The van der Waals surface area contributed by atoms with Crippen LogP contribution in [0.1, 0.15) is 54.0 Å². The van der Waals surface area contributed by atoms with Crippen LogP contribution < -0.4 is 5.46 Å². The Labute approximate surface area is 160 Å². The van der Waals surface area contributed by atoms with Crippen LogP contribution >= 0.6 is 0 Å². The van der Waals surface area contributed by atoms with Gasteiger partial charge in [0.15, 0.2) is 0 Å². The summed E-state index contributed by atoms with van der Waals surface area (Å²) < 4.78 is 46.0. The minimum atomic E-state index is -1.13. The van der Waals surface area contributed by atoms with Gasteiger partial charge >= 0.3 is 13.2 Å². The van der Waals surface area contributed by atoms with Crippen molar-refractivity contribution in [3.8, 4) is 0 Å². The fourth-order valence-electron chi connectivity index (χ4n) is 2.59. The molecule has 1 saturated heterocycles. The van der Waals surface area contributed by atoms with Crippen molar-refractivity contribution >= 4 is 18.7 Å². The Balaban J connectivity index is 2.19. The van der Waals surface area contributed by atoms with Crippen molar-refractivity contribution in [2.24, 2.45) is 0 Å². The van der Waals surface area contributed by atoms with Crippen molar-refractivity contribution in [2.75, 3.05) is 7.05 Å². The van der Waals surface area contributed by atoms with Gasteiger partial charge in [-0.05, 0) is 66.2 Å². The second-order valence-corrected chi connectivity index (χ2v) is 8.90. The van der Waals surface area contributed by atoms with Crippen LogP contribution in [-0.2, 0) is 20.6 Å². The second kappa shape index (κ2) is 7.06. The lowest BCUT2D eigenvalue weighted by Crippen LogP contribution is -2.41. The molecule has 1 aromatic rings. The average molecular weight is 383 g/mol. The molecule has 1 amide bonds. The number of hydrogen-bond acceptors (Lipinski definition) is 4. The summed E-state index contributed by atoms with van der Waals surface area (Å²) in [5.41, 5.74) is -2.02. The van der Waals surface area contributed by atoms with Gasteiger partial charge in [0.2, 0.25) is 0 Å². The number of carbonyl (C=O) groups excluding carboxylic acids is 1. The number of carbonyl (C=O) groups is 1. The van der Waals surface area contributed by atoms with E-state index in [9.17, 15) is 13.6 Å². The third-order valence-electron chi connectivity index (χ3n) is 4.75. The van der Waals surface area contributed by atoms with Crippen LogP contribution in [-0.4, -0.2) is 42.0 Å². The Morgan fingerprint density at radius 2 is 1.56 bits per heavy atom. The van der Waals surface area contributed by atoms with E-state index < -0.39 is 41.6 Å². The van der Waals surface area contributed by atoms with Crippen molar-refractivity contribution < 1.29 is 27.6 Å². The number of rotatable bonds is 3. The summed E-state index contributed by atoms with van der Waals surface area (Å²) in [5, 5.41) is 0. The zero-order valence-electron chi connectivity index (χ0n) is 17.3. The Morgan fingerprint density at radius 3 is 1.96 bits per heavy atom. The van der Waals surface area contributed by atoms with Gasteiger partial charge in [0.25, 0.3) is 0 Å². The molecule has 150 valence electrons. The van der Waals surface area contributed by atoms with Gasteiger partial charge in [-0.2, -0.15) is 0 Å². The molecule has 0 N–H and O–H groups in total. The summed E-state index contributed by atoms with van der Waals surface area (Å²) in [7, 11) is 0.374. The first-order valence-corrected chi connectivity index (χ1v) is 8.90. The van der Waals surface area contributed by atoms with Crippen LogP contribution in [0.5, 0.6) is 0 Å². The molecule has 1 aromatic carbocycles. The first kappa shape index (κ1) is 21.6. The molecular formula is C19H28BF2NO4. The van der Waals surface area contributed by atoms with Crippen LogP contribution in [0, 0.1) is 11.6 Å². The van der Waals surface area contributed by atoms with E-state index in [4.69, 9.17) is 14.0 Å². The lowest BCUT2D eigenvalue weighted by Gasteiger charge is -2.32. The quantitative estimate of drug-likeness (QED) is 0.748. The highest BCUT2D eigenvalue weighted by Crippen LogP contribution is 2.36. The van der Waals surface area contributed by atoms with Gasteiger partial charge in [0.05, 0.1) is 16.7 Å². The van der Waals surface area contributed by atoms with Crippen LogP contribution in [0.15, 0.2) is 12.1 Å². The van der Waals surface area contributed by atoms with E-state index in [1.165, 1.54) is 24.1 Å². The molecule has 1 aliphatic rings. The largest absolute Gasteiger partial charge is 0.500 e. The molecule has 5 nitrogen and oxygen atoms in total. The van der Waals surface area contributed by atoms with Gasteiger partial charge < -0.3 is 18.9 Å². The van der Waals surface area contributed by atoms with Gasteiger partial charge in [-0.1, -0.05) is 0 Å². The maximum atomic E-state index is 14.7. The van der Waals surface area contributed by atoms with Gasteiger partial charge in [0, 0.05) is 13.6 Å². The zero-order chi connectivity index (χ0) is 20.8. The molecule has 0 radical (unpaired) electrons. The van der Waals surface area contributed by atoms with E-state index in [1.807, 2.05) is 27.7 Å². The second-order valence-electron chi connectivity index (χ2n) is 8.90. The third kappa shape index (κ3) is 4.79. The standard InChI is InChI=1S/C19H28BF2NO4/c1-17(2,3)25-16(24)23(8)11-12-9-13(21)15(14(22)10-12)20-26-18(4,5)19(6,7)27-20/h9-10H,11H2,1-8H3. The molecule has 0 aliphatic carbocycles. The van der Waals surface area contributed by atoms with Crippen molar-refractivity contribution in [2.45, 2.75) is 71.8 Å². The summed E-state index contributed by atoms with van der Waals surface area (Å²) in [6.45, 7) is 12.5. The normalized spacial score (nSPS) is 18.5. The molecule has 0 spiro atoms. The lowest BCUT2D eigenvalue weighted by atomic mass is 9.77. The van der Waals surface area contributed by atoms with Gasteiger partial charge in [-0.15, -0.1) is 0 Å². The minimum Gasteiger partial charge on any atom is -0.444 e. The van der Waals surface area contributed by atoms with Crippen LogP contribution in [0.3, 0.4) is 0 Å². The molecule has 2 rings (SSSR count). The molecule has 0 bridgehead atoms. The summed E-state index contributed by atoms with van der Waals surface area (Å²) in [6, 6.07) is 2.37. The van der Waals surface area contributed by atoms with Crippen molar-refractivity contribution in [3.63, 3.8) is 0 Å². The molecule has 0 atom stereocenters. The van der Waals surface area contributed by atoms with Crippen molar-refractivity contribution in [1.82, 2.24) is 4.90 Å². The summed E-state index contributed by atoms with van der Waals surface area (Å²) in [4.78, 5) is 13.3. The number of amides is 1. The first-order valence-electron chi connectivity index (χ1n) is 8.90. The monoisotopic (exact) mass is 383 g/mol. The predicted octanol–water partition coefficient (Wildman–Crippen LogP) is 3.63. The molecule has 1 heterocycles. The van der Waals surface area contributed by atoms with E-state index in [0.29, 0.717) is 5.56 Å².